The van der Waals surface area contributed by atoms with Crippen LogP contribution in [-0.4, -0.2) is 13.0 Å². The predicted octanol–water partition coefficient (Wildman–Crippen LogP) is -1.99. The third-order valence-electron chi connectivity index (χ3n) is 1.38. The van der Waals surface area contributed by atoms with Crippen LogP contribution >= 0.6 is 0 Å². The molecule has 1 aromatic rings. The fourth-order valence-electron chi connectivity index (χ4n) is 0.847. The molecule has 0 aliphatic carbocycles. The minimum absolute atomic E-state index is 0. The molecule has 1 aromatic carbocycles. The molecule has 0 heterocycles. The summed E-state index contributed by atoms with van der Waals surface area (Å²) in [6.07, 6.45) is 0. The van der Waals surface area contributed by atoms with Gasteiger partial charge in [0.15, 0.2) is 0 Å². The van der Waals surface area contributed by atoms with Crippen molar-refractivity contribution in [3.05, 3.63) is 35.4 Å². The van der Waals surface area contributed by atoms with Gasteiger partial charge in [0.25, 0.3) is 0 Å². The van der Waals surface area contributed by atoms with Crippen LogP contribution in [0.25, 0.3) is 0 Å². The Bertz CT molecular complexity index is 399. The van der Waals surface area contributed by atoms with Crippen molar-refractivity contribution in [1.29, 1.82) is 0 Å². The molecule has 14 heavy (non-hydrogen) atoms. The monoisotopic (exact) mass is 230 g/mol. The van der Waals surface area contributed by atoms with E-state index in [4.69, 9.17) is 0 Å². The molecule has 1 rings (SSSR count). The Morgan fingerprint density at radius 3 is 2.00 bits per heavy atom. The summed E-state index contributed by atoms with van der Waals surface area (Å²) in [6, 6.07) is 2.87. The van der Waals surface area contributed by atoms with E-state index in [2.05, 4.69) is 0 Å². The van der Waals surface area contributed by atoms with Crippen LogP contribution in [0.1, 0.15) is 5.56 Å². The summed E-state index contributed by atoms with van der Waals surface area (Å²) < 4.78 is 56.1. The summed E-state index contributed by atoms with van der Waals surface area (Å²) >= 11 is 0. The zero-order valence-electron chi connectivity index (χ0n) is 7.33. The summed E-state index contributed by atoms with van der Waals surface area (Å²) in [6.45, 7) is 0. The van der Waals surface area contributed by atoms with Gasteiger partial charge in [0.2, 0.25) is 0 Å². The van der Waals surface area contributed by atoms with E-state index in [0.717, 1.165) is 18.2 Å². The van der Waals surface area contributed by atoms with Crippen molar-refractivity contribution in [2.75, 3.05) is 0 Å². The Kier molecular flexibility index (Phi) is 5.17. The molecule has 0 aliphatic rings. The van der Waals surface area contributed by atoms with Gasteiger partial charge in [-0.05, 0) is 12.1 Å². The molecule has 0 fully saturated rings. The molecule has 3 nitrogen and oxygen atoms in total. The molecule has 7 heteroatoms. The first-order valence-electron chi connectivity index (χ1n) is 3.26. The number of benzene rings is 1. The normalized spacial score (nSPS) is 10.8. The zero-order valence-corrected chi connectivity index (χ0v) is 10.1. The van der Waals surface area contributed by atoms with E-state index in [-0.39, 0.29) is 29.6 Å². The zero-order chi connectivity index (χ0) is 10.1. The molecule has 0 aromatic heterocycles. The SMILES string of the molecule is O=S(=O)([O-])Cc1c(F)cccc1F.[Na+]. The average Bonchev–Trinajstić information content (AvgIpc) is 1.95. The second-order valence-corrected chi connectivity index (χ2v) is 3.81. The molecular formula is C7H5F2NaO3S. The first-order chi connectivity index (χ1) is 5.90. The van der Waals surface area contributed by atoms with Crippen molar-refractivity contribution in [2.24, 2.45) is 0 Å². The predicted molar refractivity (Wildman–Crippen MR) is 39.8 cm³/mol. The van der Waals surface area contributed by atoms with Gasteiger partial charge in [-0.15, -0.1) is 0 Å². The van der Waals surface area contributed by atoms with Crippen molar-refractivity contribution >= 4 is 10.1 Å². The maximum absolute atomic E-state index is 12.7. The molecule has 0 atom stereocenters. The summed E-state index contributed by atoms with van der Waals surface area (Å²) in [5.41, 5.74) is -0.711. The maximum Gasteiger partial charge on any atom is 1.00 e. The number of hydrogen-bond donors (Lipinski definition) is 0. The fraction of sp³-hybridized carbons (Fsp3) is 0.143. The maximum atomic E-state index is 12.7. The molecule has 0 amide bonds. The van der Waals surface area contributed by atoms with Crippen LogP contribution in [0.2, 0.25) is 0 Å². The van der Waals surface area contributed by atoms with Crippen LogP contribution < -0.4 is 29.6 Å². The second-order valence-electron chi connectivity index (χ2n) is 2.40. The average molecular weight is 230 g/mol. The van der Waals surface area contributed by atoms with E-state index < -0.39 is 33.1 Å². The Labute approximate surface area is 102 Å². The van der Waals surface area contributed by atoms with E-state index in [0.29, 0.717) is 0 Å². The van der Waals surface area contributed by atoms with Gasteiger partial charge >= 0.3 is 29.6 Å². The van der Waals surface area contributed by atoms with Crippen LogP contribution in [-0.2, 0) is 15.9 Å². The van der Waals surface area contributed by atoms with Gasteiger partial charge < -0.3 is 4.55 Å². The van der Waals surface area contributed by atoms with Crippen molar-refractivity contribution in [2.45, 2.75) is 5.75 Å². The molecule has 72 valence electrons. The number of hydrogen-bond acceptors (Lipinski definition) is 3. The molecule has 0 unspecified atom stereocenters. The van der Waals surface area contributed by atoms with E-state index >= 15 is 0 Å². The molecular weight excluding hydrogens is 225 g/mol. The van der Waals surface area contributed by atoms with Gasteiger partial charge in [-0.25, -0.2) is 17.2 Å². The topological polar surface area (TPSA) is 57.2 Å². The minimum atomic E-state index is -4.65. The van der Waals surface area contributed by atoms with Crippen LogP contribution in [0.5, 0.6) is 0 Å². The van der Waals surface area contributed by atoms with Gasteiger partial charge in [0.1, 0.15) is 11.6 Å². The number of rotatable bonds is 2. The molecule has 0 saturated carbocycles. The summed E-state index contributed by atoms with van der Waals surface area (Å²) in [4.78, 5) is 0. The quantitative estimate of drug-likeness (QED) is 0.437. The van der Waals surface area contributed by atoms with E-state index in [1.54, 1.807) is 0 Å². The van der Waals surface area contributed by atoms with Gasteiger partial charge in [0, 0.05) is 5.56 Å². The second kappa shape index (κ2) is 5.18. The van der Waals surface area contributed by atoms with Crippen molar-refractivity contribution in [3.8, 4) is 0 Å². The standard InChI is InChI=1S/C7H6F2O3S.Na/c8-6-2-1-3-7(9)5(6)4-13(10,11)12;/h1-3H,4H2,(H,10,11,12);/q;+1/p-1. The first-order valence-corrected chi connectivity index (χ1v) is 4.84. The van der Waals surface area contributed by atoms with Gasteiger partial charge in [-0.2, -0.15) is 0 Å². The van der Waals surface area contributed by atoms with Crippen molar-refractivity contribution < 1.29 is 51.3 Å². The van der Waals surface area contributed by atoms with Crippen LogP contribution in [0.4, 0.5) is 8.78 Å². The summed E-state index contributed by atoms with van der Waals surface area (Å²) in [5, 5.41) is 0. The first kappa shape index (κ1) is 14.0. The third-order valence-corrected chi connectivity index (χ3v) is 2.03. The number of halogens is 2. The summed E-state index contributed by atoms with van der Waals surface area (Å²) in [5.74, 6) is -3.22. The van der Waals surface area contributed by atoms with Gasteiger partial charge in [-0.1, -0.05) is 6.07 Å². The van der Waals surface area contributed by atoms with E-state index in [9.17, 15) is 21.8 Å². The Balaban J connectivity index is 0.00000169. The Morgan fingerprint density at radius 2 is 1.64 bits per heavy atom. The molecule has 0 N–H and O–H groups in total. The Morgan fingerprint density at radius 1 is 1.21 bits per heavy atom. The Hall–Kier alpha value is -0.0100. The van der Waals surface area contributed by atoms with Gasteiger partial charge in [0.05, 0.1) is 15.9 Å². The molecule has 0 radical (unpaired) electrons. The third kappa shape index (κ3) is 4.02. The fourth-order valence-corrected chi connectivity index (χ4v) is 1.48. The van der Waals surface area contributed by atoms with Crippen molar-refractivity contribution in [1.82, 2.24) is 0 Å². The molecule has 0 spiro atoms. The largest absolute Gasteiger partial charge is 1.00 e. The molecule has 0 bridgehead atoms. The molecule has 0 aliphatic heterocycles. The van der Waals surface area contributed by atoms with Crippen LogP contribution in [0.15, 0.2) is 18.2 Å². The molecule has 0 saturated heterocycles. The van der Waals surface area contributed by atoms with Crippen LogP contribution in [0.3, 0.4) is 0 Å². The smallest absolute Gasteiger partial charge is 0.748 e. The van der Waals surface area contributed by atoms with Crippen LogP contribution in [0, 0.1) is 11.6 Å². The van der Waals surface area contributed by atoms with E-state index in [1.807, 2.05) is 0 Å². The van der Waals surface area contributed by atoms with Gasteiger partial charge in [-0.3, -0.25) is 0 Å². The summed E-state index contributed by atoms with van der Waals surface area (Å²) in [7, 11) is -4.65. The minimum Gasteiger partial charge on any atom is -0.748 e. The van der Waals surface area contributed by atoms with E-state index in [1.165, 1.54) is 0 Å². The van der Waals surface area contributed by atoms with Crippen molar-refractivity contribution in [3.63, 3.8) is 0 Å².